The first-order valence-electron chi connectivity index (χ1n) is 13.1. The lowest BCUT2D eigenvalue weighted by atomic mass is 10.2. The number of hydrogen-bond acceptors (Lipinski definition) is 9. The highest BCUT2D eigenvalue weighted by molar-refractivity contribution is 7.60. The first kappa shape index (κ1) is 40.8. The van der Waals surface area contributed by atoms with Crippen LogP contribution in [-0.4, -0.2) is 44.0 Å². The third-order valence-corrected chi connectivity index (χ3v) is 7.05. The molecule has 0 aliphatic carbocycles. The summed E-state index contributed by atoms with van der Waals surface area (Å²) in [5.41, 5.74) is -4.07. The van der Waals surface area contributed by atoms with Gasteiger partial charge < -0.3 is 4.74 Å². The highest BCUT2D eigenvalue weighted by Gasteiger charge is 2.35. The summed E-state index contributed by atoms with van der Waals surface area (Å²) in [7, 11) is -1.72. The third-order valence-electron chi connectivity index (χ3n) is 6.01. The van der Waals surface area contributed by atoms with Crippen LogP contribution in [0.25, 0.3) is 11.4 Å². The normalized spacial score (nSPS) is 11.1. The molecule has 0 aliphatic rings. The molecule has 0 bridgehead atoms. The summed E-state index contributed by atoms with van der Waals surface area (Å²) in [6, 6.07) is 6.87. The Bertz CT molecular complexity index is 2170. The molecule has 0 aliphatic heterocycles. The molecule has 0 saturated heterocycles. The Morgan fingerprint density at radius 2 is 1.51 bits per heavy atom. The van der Waals surface area contributed by atoms with Gasteiger partial charge in [0.2, 0.25) is 0 Å². The van der Waals surface area contributed by atoms with Crippen molar-refractivity contribution >= 4 is 51.3 Å². The number of halogens is 8. The van der Waals surface area contributed by atoms with Gasteiger partial charge in [0, 0.05) is 18.1 Å². The topological polar surface area (TPSA) is 168 Å². The van der Waals surface area contributed by atoms with Gasteiger partial charge in [0.1, 0.15) is 11.5 Å². The van der Waals surface area contributed by atoms with Crippen molar-refractivity contribution in [3.63, 3.8) is 0 Å². The van der Waals surface area contributed by atoms with Crippen molar-refractivity contribution < 1.29 is 39.9 Å². The maximum Gasteiger partial charge on any atom is 0.431 e. The van der Waals surface area contributed by atoms with E-state index >= 15 is 0 Å². The van der Waals surface area contributed by atoms with E-state index in [1.54, 1.807) is 20.8 Å². The number of aromatic nitrogens is 5. The Balaban J connectivity index is 0.000000318. The largest absolute Gasteiger partial charge is 0.459 e. The molecule has 2 heterocycles. The Morgan fingerprint density at radius 3 is 2.00 bits per heavy atom. The Hall–Kier alpha value is -4.33. The van der Waals surface area contributed by atoms with Gasteiger partial charge in [-0.25, -0.2) is 23.5 Å². The van der Waals surface area contributed by atoms with E-state index in [-0.39, 0.29) is 32.8 Å². The summed E-state index contributed by atoms with van der Waals surface area (Å²) in [4.78, 5) is 48.3. The molecule has 13 nitrogen and oxygen atoms in total. The van der Waals surface area contributed by atoms with Crippen LogP contribution in [-0.2, 0) is 28.5 Å². The number of nitrogens with one attached hydrogen (secondary N) is 1. The van der Waals surface area contributed by atoms with Crippen molar-refractivity contribution in [3.05, 3.63) is 105 Å². The Morgan fingerprint density at radius 1 is 0.939 bits per heavy atom. The number of aryl methyl sites for hydroxylation is 2. The zero-order valence-corrected chi connectivity index (χ0v) is 28.7. The van der Waals surface area contributed by atoms with Crippen LogP contribution in [0.4, 0.5) is 22.0 Å². The summed E-state index contributed by atoms with van der Waals surface area (Å²) >= 11 is 17.8. The number of nitrogens with zero attached hydrogens (tertiary/aromatic N) is 5. The number of hydrogen-bond donors (Lipinski definition) is 1. The minimum atomic E-state index is -4.86. The standard InChI is InChI=1S/C16H14ClF3N2O4.C11H9Cl2F2N3O.HNO2S/c1-8(2)26-14(24)10-6-9(4-5-11(10)17)22-13(23)7-12(16(18,19)20)21(3)15(22)25;1-5-3-9(8(13)4-7(5)12)18-11(19)17(10(14)15)6(2)16-18;1-4(2)3/h4-8H,1-3H3;3-4,10H,1-2H3;1H. The lowest BCUT2D eigenvalue weighted by molar-refractivity contribution is -0.144. The molecule has 0 fully saturated rings. The molecular weight excluding hydrogens is 754 g/mol. The molecule has 2 aromatic heterocycles. The zero-order chi connectivity index (χ0) is 37.7. The number of benzene rings is 2. The first-order chi connectivity index (χ1) is 22.5. The third kappa shape index (κ3) is 10.1. The predicted molar refractivity (Wildman–Crippen MR) is 168 cm³/mol. The molecule has 0 atom stereocenters. The predicted octanol–water partition coefficient (Wildman–Crippen LogP) is 5.75. The molecule has 0 spiro atoms. The van der Waals surface area contributed by atoms with Crippen molar-refractivity contribution in [2.75, 3.05) is 0 Å². The first-order valence-corrected chi connectivity index (χ1v) is 15.3. The second-order valence-electron chi connectivity index (χ2n) is 9.84. The van der Waals surface area contributed by atoms with E-state index in [4.69, 9.17) is 52.7 Å². The summed E-state index contributed by atoms with van der Waals surface area (Å²) in [5, 5.41) is 4.39. The van der Waals surface area contributed by atoms with Crippen molar-refractivity contribution in [3.8, 4) is 11.4 Å². The van der Waals surface area contributed by atoms with Crippen LogP contribution in [0, 0.1) is 18.6 Å². The molecule has 49 heavy (non-hydrogen) atoms. The lowest BCUT2D eigenvalue weighted by Gasteiger charge is -2.15. The quantitative estimate of drug-likeness (QED) is 0.197. The molecule has 2 aromatic carbocycles. The molecule has 266 valence electrons. The van der Waals surface area contributed by atoms with Gasteiger partial charge in [-0.05, 0) is 63.6 Å². The molecule has 1 N–H and O–H groups in total. The molecule has 4 aromatic rings. The number of esters is 1. The average Bonchev–Trinajstić information content (AvgIpc) is 3.26. The fraction of sp³-hybridized carbons (Fsp3) is 0.296. The van der Waals surface area contributed by atoms with E-state index in [1.807, 2.05) is 0 Å². The molecular formula is C27H24Cl3F5N6O7S. The summed E-state index contributed by atoms with van der Waals surface area (Å²) in [5.74, 6) is -0.882. The van der Waals surface area contributed by atoms with E-state index in [1.165, 1.54) is 31.2 Å². The van der Waals surface area contributed by atoms with Crippen molar-refractivity contribution in [1.29, 1.82) is 4.78 Å². The summed E-state index contributed by atoms with van der Waals surface area (Å²) < 4.78 is 93.9. The second kappa shape index (κ2) is 16.4. The van der Waals surface area contributed by atoms with Gasteiger partial charge in [0.15, 0.2) is 0 Å². The van der Waals surface area contributed by atoms with Crippen molar-refractivity contribution in [2.24, 2.45) is 7.05 Å². The Kier molecular flexibility index (Phi) is 13.7. The highest BCUT2D eigenvalue weighted by Crippen LogP contribution is 2.28. The molecule has 0 unspecified atom stereocenters. The molecule has 0 radical (unpaired) electrons. The van der Waals surface area contributed by atoms with E-state index < -0.39 is 57.9 Å². The van der Waals surface area contributed by atoms with Crippen molar-refractivity contribution in [2.45, 2.75) is 46.5 Å². The van der Waals surface area contributed by atoms with Gasteiger partial charge in [-0.2, -0.15) is 39.8 Å². The number of alkyl halides is 5. The number of ether oxygens (including phenoxy) is 1. The maximum atomic E-state index is 12.9. The van der Waals surface area contributed by atoms with Gasteiger partial charge in [-0.3, -0.25) is 9.36 Å². The SMILES string of the molecule is CC(C)OC(=O)c1cc(-n2c(=O)cc(C(F)(F)F)n(C)c2=O)ccc1Cl.Cc1cc(-n2nc(C)n(C(F)F)c2=O)c(Cl)cc1Cl.N=S(=O)=O. The smallest absolute Gasteiger partial charge is 0.431 e. The van der Waals surface area contributed by atoms with Crippen molar-refractivity contribution in [1.82, 2.24) is 23.5 Å². The molecule has 4 rings (SSSR count). The van der Waals surface area contributed by atoms with Gasteiger partial charge in [0.25, 0.3) is 5.56 Å². The Labute approximate surface area is 289 Å². The molecule has 0 saturated carbocycles. The van der Waals surface area contributed by atoms with Crippen LogP contribution in [0.15, 0.2) is 50.8 Å². The van der Waals surface area contributed by atoms with Gasteiger partial charge >= 0.3 is 40.6 Å². The maximum absolute atomic E-state index is 12.9. The minimum absolute atomic E-state index is 0.0104. The molecule has 0 amide bonds. The van der Waals surface area contributed by atoms with E-state index in [9.17, 15) is 41.1 Å². The van der Waals surface area contributed by atoms with Crippen LogP contribution < -0.4 is 16.9 Å². The second-order valence-corrected chi connectivity index (χ2v) is 11.5. The highest BCUT2D eigenvalue weighted by atomic mass is 35.5. The van der Waals surface area contributed by atoms with Gasteiger partial charge in [0.05, 0.1) is 33.1 Å². The van der Waals surface area contributed by atoms with Crippen LogP contribution >= 0.6 is 34.8 Å². The number of carbonyl (C=O) groups excluding carboxylic acids is 1. The summed E-state index contributed by atoms with van der Waals surface area (Å²) in [6.45, 7) is 3.32. The van der Waals surface area contributed by atoms with Gasteiger partial charge in [-0.1, -0.05) is 34.8 Å². The fourth-order valence-corrected chi connectivity index (χ4v) is 4.54. The lowest BCUT2D eigenvalue weighted by Crippen LogP contribution is -2.40. The van der Waals surface area contributed by atoms with E-state index in [0.717, 1.165) is 17.8 Å². The number of rotatable bonds is 5. The minimum Gasteiger partial charge on any atom is -0.459 e. The van der Waals surface area contributed by atoms with Crippen LogP contribution in [0.2, 0.25) is 15.1 Å². The van der Waals surface area contributed by atoms with Gasteiger partial charge in [-0.15, -0.1) is 5.10 Å². The molecule has 22 heteroatoms. The monoisotopic (exact) mass is 776 g/mol. The fourth-order valence-electron chi connectivity index (χ4n) is 3.88. The van der Waals surface area contributed by atoms with Crippen LogP contribution in [0.1, 0.15) is 47.8 Å². The van der Waals surface area contributed by atoms with E-state index in [0.29, 0.717) is 30.4 Å². The van der Waals surface area contributed by atoms with Crippen LogP contribution in [0.5, 0.6) is 0 Å². The zero-order valence-electron chi connectivity index (χ0n) is 25.6. The van der Waals surface area contributed by atoms with Crippen LogP contribution in [0.3, 0.4) is 0 Å². The average molecular weight is 778 g/mol. The van der Waals surface area contributed by atoms with E-state index in [2.05, 4.69) is 5.10 Å². The summed E-state index contributed by atoms with van der Waals surface area (Å²) in [6.07, 6.45) is -5.30. The number of carbonyl (C=O) groups is 1.